The van der Waals surface area contributed by atoms with Gasteiger partial charge in [-0.25, -0.2) is 13.2 Å². The highest BCUT2D eigenvalue weighted by Gasteiger charge is 2.68. The van der Waals surface area contributed by atoms with E-state index in [0.717, 1.165) is 6.08 Å². The number of hydrogen-bond acceptors (Lipinski definition) is 0. The summed E-state index contributed by atoms with van der Waals surface area (Å²) in [5, 5.41) is -2.89. The van der Waals surface area contributed by atoms with Crippen molar-refractivity contribution in [3.63, 3.8) is 0 Å². The van der Waals surface area contributed by atoms with Crippen molar-refractivity contribution < 1.29 is 13.2 Å². The minimum absolute atomic E-state index is 0.531. The molecule has 0 aromatic heterocycles. The molecule has 1 aliphatic rings. The molecule has 0 bridgehead atoms. The third kappa shape index (κ3) is 0.764. The van der Waals surface area contributed by atoms with Gasteiger partial charge in [0.25, 0.3) is 11.1 Å². The van der Waals surface area contributed by atoms with Crippen molar-refractivity contribution in [3.8, 4) is 0 Å². The first-order valence-electron chi connectivity index (χ1n) is 2.80. The molecular weight excluding hydrogens is 165 g/mol. The number of rotatable bonds is 1. The summed E-state index contributed by atoms with van der Waals surface area (Å²) >= 11 is 4.87. The predicted octanol–water partition coefficient (Wildman–Crippen LogP) is 2.73. The lowest BCUT2D eigenvalue weighted by Gasteiger charge is -2.43. The van der Waals surface area contributed by atoms with Crippen molar-refractivity contribution in [2.24, 2.45) is 5.92 Å². The van der Waals surface area contributed by atoms with Crippen LogP contribution in [0.4, 0.5) is 13.2 Å². The molecule has 0 saturated heterocycles. The maximum atomic E-state index is 12.6. The molecule has 2 atom stereocenters. The second-order valence-electron chi connectivity index (χ2n) is 2.37. The summed E-state index contributed by atoms with van der Waals surface area (Å²) in [6, 6.07) is 0. The van der Waals surface area contributed by atoms with Gasteiger partial charge < -0.3 is 0 Å². The highest BCUT2D eigenvalue weighted by atomic mass is 35.5. The smallest absolute Gasteiger partial charge is 0.219 e. The van der Waals surface area contributed by atoms with Gasteiger partial charge in [-0.15, -0.1) is 6.58 Å². The average molecular weight is 171 g/mol. The summed E-state index contributed by atoms with van der Waals surface area (Å²) in [4.78, 5) is 0. The van der Waals surface area contributed by atoms with E-state index in [4.69, 9.17) is 11.6 Å². The van der Waals surface area contributed by atoms with Crippen molar-refractivity contribution >= 4 is 11.6 Å². The molecule has 0 aromatic carbocycles. The lowest BCUT2D eigenvalue weighted by molar-refractivity contribution is -0.193. The van der Waals surface area contributed by atoms with Crippen LogP contribution >= 0.6 is 11.6 Å². The van der Waals surface area contributed by atoms with Gasteiger partial charge in [0.1, 0.15) is 0 Å². The maximum Gasteiger partial charge on any atom is 0.296 e. The van der Waals surface area contributed by atoms with Gasteiger partial charge in [-0.1, -0.05) is 17.7 Å². The van der Waals surface area contributed by atoms with Crippen LogP contribution in [0, 0.1) is 5.92 Å². The van der Waals surface area contributed by atoms with Crippen LogP contribution < -0.4 is 0 Å². The Bertz CT molecular complexity index is 164. The Morgan fingerprint density at radius 1 is 1.50 bits per heavy atom. The van der Waals surface area contributed by atoms with E-state index in [1.807, 2.05) is 0 Å². The fourth-order valence-corrected chi connectivity index (χ4v) is 1.16. The minimum Gasteiger partial charge on any atom is -0.219 e. The highest BCUT2D eigenvalue weighted by molar-refractivity contribution is 6.24. The molecule has 58 valence electrons. The van der Waals surface area contributed by atoms with Crippen molar-refractivity contribution in [2.75, 3.05) is 0 Å². The largest absolute Gasteiger partial charge is 0.296 e. The SMILES string of the molecule is C=C[C@H]1CC(F)(F)[C@]1(F)Cl. The van der Waals surface area contributed by atoms with Gasteiger partial charge in [0.2, 0.25) is 0 Å². The van der Waals surface area contributed by atoms with Crippen LogP contribution in [-0.4, -0.2) is 11.1 Å². The molecule has 0 heterocycles. The molecule has 0 radical (unpaired) electrons. The average Bonchev–Trinajstić information content (AvgIpc) is 1.83. The third-order valence-corrected chi connectivity index (χ3v) is 2.27. The fraction of sp³-hybridized carbons (Fsp3) is 0.667. The van der Waals surface area contributed by atoms with Crippen LogP contribution in [0.1, 0.15) is 6.42 Å². The molecule has 0 amide bonds. The van der Waals surface area contributed by atoms with Crippen molar-refractivity contribution in [2.45, 2.75) is 17.5 Å². The van der Waals surface area contributed by atoms with E-state index in [2.05, 4.69) is 6.58 Å². The maximum absolute atomic E-state index is 12.6. The summed E-state index contributed by atoms with van der Waals surface area (Å²) in [5.41, 5.74) is 0. The van der Waals surface area contributed by atoms with Crippen LogP contribution in [0.3, 0.4) is 0 Å². The van der Waals surface area contributed by atoms with Crippen LogP contribution in [-0.2, 0) is 0 Å². The fourth-order valence-electron chi connectivity index (χ4n) is 0.912. The van der Waals surface area contributed by atoms with Crippen molar-refractivity contribution in [3.05, 3.63) is 12.7 Å². The number of hydrogen-bond donors (Lipinski definition) is 0. The molecule has 0 nitrogen and oxygen atoms in total. The highest BCUT2D eigenvalue weighted by Crippen LogP contribution is 2.57. The third-order valence-electron chi connectivity index (χ3n) is 1.71. The van der Waals surface area contributed by atoms with Crippen molar-refractivity contribution in [1.29, 1.82) is 0 Å². The molecule has 1 aliphatic carbocycles. The van der Waals surface area contributed by atoms with E-state index in [0.29, 0.717) is 0 Å². The molecular formula is C6H6ClF3. The Hall–Kier alpha value is -0.180. The standard InChI is InChI=1S/C6H6ClF3/c1-2-4-3-5(8,9)6(4,7)10/h2,4H,1,3H2/t4-,6-/m0/s1. The second-order valence-corrected chi connectivity index (χ2v) is 2.92. The Balaban J connectivity index is 2.73. The number of alkyl halides is 4. The van der Waals surface area contributed by atoms with Crippen LogP contribution in [0.25, 0.3) is 0 Å². The van der Waals surface area contributed by atoms with E-state index in [1.54, 1.807) is 0 Å². The summed E-state index contributed by atoms with van der Waals surface area (Å²) in [6.07, 6.45) is 0.584. The van der Waals surface area contributed by atoms with Gasteiger partial charge in [0.05, 0.1) is 0 Å². The summed E-state index contributed by atoms with van der Waals surface area (Å²) in [7, 11) is 0. The number of halogens is 4. The Morgan fingerprint density at radius 3 is 2.10 bits per heavy atom. The molecule has 0 spiro atoms. The minimum atomic E-state index is -3.38. The molecule has 0 aromatic rings. The predicted molar refractivity (Wildman–Crippen MR) is 32.9 cm³/mol. The zero-order chi connectivity index (χ0) is 7.99. The lowest BCUT2D eigenvalue weighted by atomic mass is 9.78. The van der Waals surface area contributed by atoms with Gasteiger partial charge in [-0.2, -0.15) is 0 Å². The van der Waals surface area contributed by atoms with Crippen LogP contribution in [0.5, 0.6) is 0 Å². The monoisotopic (exact) mass is 170 g/mol. The molecule has 1 rings (SSSR count). The summed E-state index contributed by atoms with van der Waals surface area (Å²) < 4.78 is 37.0. The van der Waals surface area contributed by atoms with Gasteiger partial charge in [0.15, 0.2) is 0 Å². The molecule has 1 saturated carbocycles. The van der Waals surface area contributed by atoms with Crippen molar-refractivity contribution in [1.82, 2.24) is 0 Å². The van der Waals surface area contributed by atoms with Gasteiger partial charge in [-0.3, -0.25) is 0 Å². The second kappa shape index (κ2) is 1.91. The van der Waals surface area contributed by atoms with Crippen LogP contribution in [0.15, 0.2) is 12.7 Å². The quantitative estimate of drug-likeness (QED) is 0.419. The molecule has 0 aliphatic heterocycles. The Kier molecular flexibility index (Phi) is 1.51. The van der Waals surface area contributed by atoms with Gasteiger partial charge in [-0.05, 0) is 0 Å². The Labute approximate surface area is 61.7 Å². The first-order chi connectivity index (χ1) is 4.42. The zero-order valence-electron chi connectivity index (χ0n) is 5.08. The van der Waals surface area contributed by atoms with Crippen LogP contribution in [0.2, 0.25) is 0 Å². The molecule has 0 unspecified atom stereocenters. The normalized spacial score (nSPS) is 44.2. The zero-order valence-corrected chi connectivity index (χ0v) is 5.84. The Morgan fingerprint density at radius 2 is 2.00 bits per heavy atom. The van der Waals surface area contributed by atoms with E-state index < -0.39 is 23.4 Å². The molecule has 10 heavy (non-hydrogen) atoms. The first kappa shape index (κ1) is 7.92. The first-order valence-corrected chi connectivity index (χ1v) is 3.18. The molecule has 1 fully saturated rings. The van der Waals surface area contributed by atoms with E-state index in [9.17, 15) is 13.2 Å². The molecule has 4 heteroatoms. The lowest BCUT2D eigenvalue weighted by Crippen LogP contribution is -2.56. The topological polar surface area (TPSA) is 0 Å². The summed E-state index contributed by atoms with van der Waals surface area (Å²) in [5.74, 6) is -4.29. The van der Waals surface area contributed by atoms with E-state index >= 15 is 0 Å². The summed E-state index contributed by atoms with van der Waals surface area (Å²) in [6.45, 7) is 3.19. The van der Waals surface area contributed by atoms with E-state index in [-0.39, 0.29) is 0 Å². The number of allylic oxidation sites excluding steroid dienone is 1. The van der Waals surface area contributed by atoms with E-state index in [1.165, 1.54) is 0 Å². The van der Waals surface area contributed by atoms with Gasteiger partial charge >= 0.3 is 0 Å². The van der Waals surface area contributed by atoms with Gasteiger partial charge in [0, 0.05) is 12.3 Å². The molecule has 0 N–H and O–H groups in total.